The zero-order valence-corrected chi connectivity index (χ0v) is 16.0. The maximum atomic E-state index is 12.9. The van der Waals surface area contributed by atoms with Crippen LogP contribution in [-0.2, 0) is 0 Å². The molecule has 1 aliphatic heterocycles. The zero-order valence-electron chi connectivity index (χ0n) is 16.0. The fourth-order valence-electron chi connectivity index (χ4n) is 3.97. The number of nitrogens with zero attached hydrogens (tertiary/aromatic N) is 3. The Hall–Kier alpha value is -2.83. The quantitative estimate of drug-likeness (QED) is 0.879. The van der Waals surface area contributed by atoms with E-state index >= 15 is 0 Å². The number of anilines is 1. The second-order valence-electron chi connectivity index (χ2n) is 7.50. The van der Waals surface area contributed by atoms with Crippen molar-refractivity contribution in [3.05, 3.63) is 48.2 Å². The average molecular weight is 382 g/mol. The first-order valence-electron chi connectivity index (χ1n) is 10.0. The third kappa shape index (κ3) is 4.18. The van der Waals surface area contributed by atoms with Gasteiger partial charge in [-0.2, -0.15) is 0 Å². The third-order valence-corrected chi connectivity index (χ3v) is 5.55. The molecule has 2 aromatic rings. The number of piperazine rings is 1. The normalized spacial score (nSPS) is 18.1. The van der Waals surface area contributed by atoms with Crippen LogP contribution in [0, 0.1) is 0 Å². The Balaban J connectivity index is 1.34. The summed E-state index contributed by atoms with van der Waals surface area (Å²) in [5.74, 6) is 0.174. The molecule has 3 heterocycles. The first-order valence-corrected chi connectivity index (χ1v) is 10.0. The van der Waals surface area contributed by atoms with Crippen molar-refractivity contribution < 1.29 is 14.0 Å². The number of furan rings is 1. The molecule has 0 bridgehead atoms. The molecule has 4 rings (SSSR count). The Bertz CT molecular complexity index is 807. The van der Waals surface area contributed by atoms with Gasteiger partial charge in [-0.1, -0.05) is 19.3 Å². The van der Waals surface area contributed by atoms with E-state index in [1.54, 1.807) is 34.3 Å². The Labute approximate surface area is 164 Å². The Morgan fingerprint density at radius 3 is 2.39 bits per heavy atom. The van der Waals surface area contributed by atoms with Gasteiger partial charge in [0.25, 0.3) is 11.8 Å². The van der Waals surface area contributed by atoms with Crippen molar-refractivity contribution in [3.8, 4) is 0 Å². The van der Waals surface area contributed by atoms with Crippen LogP contribution in [0.15, 0.2) is 41.3 Å². The third-order valence-electron chi connectivity index (χ3n) is 5.55. The maximum absolute atomic E-state index is 12.9. The van der Waals surface area contributed by atoms with E-state index in [-0.39, 0.29) is 11.8 Å². The van der Waals surface area contributed by atoms with E-state index in [0.717, 1.165) is 5.69 Å². The Morgan fingerprint density at radius 1 is 1.00 bits per heavy atom. The van der Waals surface area contributed by atoms with E-state index in [4.69, 9.17) is 4.42 Å². The van der Waals surface area contributed by atoms with E-state index in [2.05, 4.69) is 10.3 Å². The van der Waals surface area contributed by atoms with Crippen molar-refractivity contribution >= 4 is 17.5 Å². The molecule has 1 N–H and O–H groups in total. The Morgan fingerprint density at radius 2 is 1.71 bits per heavy atom. The van der Waals surface area contributed by atoms with Crippen LogP contribution < -0.4 is 5.32 Å². The summed E-state index contributed by atoms with van der Waals surface area (Å²) >= 11 is 0. The summed E-state index contributed by atoms with van der Waals surface area (Å²) in [7, 11) is 0. The number of carbonyl (C=O) groups is 2. The van der Waals surface area contributed by atoms with Gasteiger partial charge in [0, 0.05) is 44.6 Å². The highest BCUT2D eigenvalue weighted by atomic mass is 16.3. The maximum Gasteiger partial charge on any atom is 0.289 e. The van der Waals surface area contributed by atoms with Crippen LogP contribution in [-0.4, -0.2) is 58.8 Å². The minimum Gasteiger partial charge on any atom is -0.459 e. The fraction of sp³-hybridized carbons (Fsp3) is 0.476. The lowest BCUT2D eigenvalue weighted by molar-refractivity contribution is 0.0518. The lowest BCUT2D eigenvalue weighted by atomic mass is 9.95. The van der Waals surface area contributed by atoms with Gasteiger partial charge in [0.05, 0.1) is 17.5 Å². The van der Waals surface area contributed by atoms with E-state index in [9.17, 15) is 9.59 Å². The molecule has 0 radical (unpaired) electrons. The highest BCUT2D eigenvalue weighted by molar-refractivity contribution is 5.95. The lowest BCUT2D eigenvalue weighted by Crippen LogP contribution is -2.50. The predicted octanol–water partition coefficient (Wildman–Crippen LogP) is 3.02. The minimum absolute atomic E-state index is 0.0371. The summed E-state index contributed by atoms with van der Waals surface area (Å²) in [5.41, 5.74) is 1.50. The van der Waals surface area contributed by atoms with Crippen LogP contribution >= 0.6 is 0 Å². The van der Waals surface area contributed by atoms with Gasteiger partial charge in [-0.15, -0.1) is 0 Å². The second kappa shape index (κ2) is 8.46. The number of carbonyl (C=O) groups excluding carboxylic acids is 2. The van der Waals surface area contributed by atoms with Crippen molar-refractivity contribution in [1.82, 2.24) is 14.8 Å². The molecule has 0 atom stereocenters. The van der Waals surface area contributed by atoms with E-state index in [0.29, 0.717) is 43.5 Å². The summed E-state index contributed by atoms with van der Waals surface area (Å²) in [6, 6.07) is 5.73. The lowest BCUT2D eigenvalue weighted by Gasteiger charge is -2.34. The summed E-state index contributed by atoms with van der Waals surface area (Å²) in [6.07, 6.45) is 11.1. The molecule has 1 saturated heterocycles. The van der Waals surface area contributed by atoms with Gasteiger partial charge in [0.1, 0.15) is 0 Å². The molecule has 7 nitrogen and oxygen atoms in total. The van der Waals surface area contributed by atoms with Crippen LogP contribution in [0.3, 0.4) is 0 Å². The summed E-state index contributed by atoms with van der Waals surface area (Å²) < 4.78 is 5.18. The molecule has 1 aliphatic carbocycles. The van der Waals surface area contributed by atoms with Crippen LogP contribution in [0.2, 0.25) is 0 Å². The molecule has 2 amide bonds. The number of pyridine rings is 1. The van der Waals surface area contributed by atoms with Crippen molar-refractivity contribution in [2.45, 2.75) is 38.1 Å². The first-order chi connectivity index (χ1) is 13.7. The first kappa shape index (κ1) is 18.5. The monoisotopic (exact) mass is 382 g/mol. The van der Waals surface area contributed by atoms with Gasteiger partial charge in [0.2, 0.25) is 0 Å². The molecule has 2 fully saturated rings. The standard InChI is InChI=1S/C21H26N4O3/c26-20(16-13-18(15-22-14-16)23-17-5-2-1-3-6-17)24-8-10-25(11-9-24)21(27)19-7-4-12-28-19/h4,7,12-15,17,23H,1-3,5-6,8-11H2. The molecule has 0 aromatic carbocycles. The highest BCUT2D eigenvalue weighted by Crippen LogP contribution is 2.22. The number of hydrogen-bond donors (Lipinski definition) is 1. The highest BCUT2D eigenvalue weighted by Gasteiger charge is 2.27. The smallest absolute Gasteiger partial charge is 0.289 e. The number of rotatable bonds is 4. The topological polar surface area (TPSA) is 78.7 Å². The average Bonchev–Trinajstić information content (AvgIpc) is 3.29. The van der Waals surface area contributed by atoms with Gasteiger partial charge < -0.3 is 19.5 Å². The summed E-state index contributed by atoms with van der Waals surface area (Å²) in [5, 5.41) is 3.52. The molecule has 0 spiro atoms. The van der Waals surface area contributed by atoms with Crippen LogP contribution in [0.1, 0.15) is 53.0 Å². The van der Waals surface area contributed by atoms with E-state index in [1.807, 2.05) is 6.07 Å². The van der Waals surface area contributed by atoms with Crippen LogP contribution in [0.25, 0.3) is 0 Å². The van der Waals surface area contributed by atoms with Crippen LogP contribution in [0.5, 0.6) is 0 Å². The van der Waals surface area contributed by atoms with Crippen molar-refractivity contribution in [2.75, 3.05) is 31.5 Å². The summed E-state index contributed by atoms with van der Waals surface area (Å²) in [4.78, 5) is 33.0. The molecule has 7 heteroatoms. The number of hydrogen-bond acceptors (Lipinski definition) is 5. The van der Waals surface area contributed by atoms with Crippen molar-refractivity contribution in [1.29, 1.82) is 0 Å². The largest absolute Gasteiger partial charge is 0.459 e. The van der Waals surface area contributed by atoms with Gasteiger partial charge in [0.15, 0.2) is 5.76 Å². The van der Waals surface area contributed by atoms with Crippen molar-refractivity contribution in [3.63, 3.8) is 0 Å². The molecule has 1 saturated carbocycles. The zero-order chi connectivity index (χ0) is 19.3. The van der Waals surface area contributed by atoms with Gasteiger partial charge in [-0.25, -0.2) is 0 Å². The van der Waals surface area contributed by atoms with Gasteiger partial charge >= 0.3 is 0 Å². The Kier molecular flexibility index (Phi) is 5.60. The molecule has 0 unspecified atom stereocenters. The number of aromatic nitrogens is 1. The molecular formula is C21H26N4O3. The molecule has 148 valence electrons. The van der Waals surface area contributed by atoms with E-state index in [1.165, 1.54) is 38.4 Å². The second-order valence-corrected chi connectivity index (χ2v) is 7.50. The molecular weight excluding hydrogens is 356 g/mol. The van der Waals surface area contributed by atoms with Crippen LogP contribution in [0.4, 0.5) is 5.69 Å². The number of amides is 2. The fourth-order valence-corrected chi connectivity index (χ4v) is 3.97. The molecule has 2 aliphatic rings. The predicted molar refractivity (Wildman–Crippen MR) is 105 cm³/mol. The van der Waals surface area contributed by atoms with Gasteiger partial charge in [-0.3, -0.25) is 14.6 Å². The van der Waals surface area contributed by atoms with Crippen molar-refractivity contribution in [2.24, 2.45) is 0 Å². The minimum atomic E-state index is -0.127. The van der Waals surface area contributed by atoms with Gasteiger partial charge in [-0.05, 0) is 31.0 Å². The molecule has 2 aromatic heterocycles. The molecule has 28 heavy (non-hydrogen) atoms. The SMILES string of the molecule is O=C(c1cncc(NC2CCCCC2)c1)N1CCN(C(=O)c2ccco2)CC1. The van der Waals surface area contributed by atoms with E-state index < -0.39 is 0 Å². The summed E-state index contributed by atoms with van der Waals surface area (Å²) in [6.45, 7) is 2.01. The number of nitrogens with one attached hydrogen (secondary N) is 1.